The van der Waals surface area contributed by atoms with Gasteiger partial charge in [-0.05, 0) is 55.9 Å². The van der Waals surface area contributed by atoms with Gasteiger partial charge in [0, 0.05) is 55.5 Å². The number of piperazine rings is 1. The van der Waals surface area contributed by atoms with Crippen molar-refractivity contribution in [3.63, 3.8) is 0 Å². The zero-order chi connectivity index (χ0) is 24.4. The quantitative estimate of drug-likeness (QED) is 0.566. The van der Waals surface area contributed by atoms with Gasteiger partial charge in [0.2, 0.25) is 0 Å². The highest BCUT2D eigenvalue weighted by Crippen LogP contribution is 2.15. The fourth-order valence-electron chi connectivity index (χ4n) is 4.22. The van der Waals surface area contributed by atoms with Crippen LogP contribution in [-0.4, -0.2) is 59.0 Å². The first-order valence-corrected chi connectivity index (χ1v) is 12.6. The Labute approximate surface area is 207 Å². The molecular weight excluding hydrogens is 476 g/mol. The van der Waals surface area contributed by atoms with Gasteiger partial charge in [0.1, 0.15) is 0 Å². The van der Waals surface area contributed by atoms with Gasteiger partial charge < -0.3 is 15.2 Å². The van der Waals surface area contributed by atoms with Gasteiger partial charge in [-0.3, -0.25) is 9.69 Å². The lowest BCUT2D eigenvalue weighted by Crippen LogP contribution is -2.49. The maximum atomic E-state index is 11.3. The lowest BCUT2D eigenvalue weighted by molar-refractivity contribution is 0.0999. The van der Waals surface area contributed by atoms with E-state index >= 15 is 0 Å². The molecule has 1 unspecified atom stereocenters. The molecule has 0 radical (unpaired) electrons. The van der Waals surface area contributed by atoms with Gasteiger partial charge in [-0.25, -0.2) is 0 Å². The van der Waals surface area contributed by atoms with Crippen molar-refractivity contribution in [2.45, 2.75) is 46.7 Å². The summed E-state index contributed by atoms with van der Waals surface area (Å²) in [5.74, 6) is -0.369. The Morgan fingerprint density at radius 2 is 1.91 bits per heavy atom. The second-order valence-electron chi connectivity index (χ2n) is 8.21. The van der Waals surface area contributed by atoms with Crippen molar-refractivity contribution >= 4 is 34.0 Å². The number of carbonyl (C=O) groups is 1. The molecule has 6 heteroatoms. The van der Waals surface area contributed by atoms with Gasteiger partial charge in [0.25, 0.3) is 5.91 Å². The summed E-state index contributed by atoms with van der Waals surface area (Å²) in [6, 6.07) is 0.509. The number of primary amides is 1. The van der Waals surface area contributed by atoms with Crippen LogP contribution in [0.2, 0.25) is 0 Å². The number of amides is 1. The van der Waals surface area contributed by atoms with Gasteiger partial charge in [0.05, 0.1) is 5.56 Å². The molecule has 1 atom stereocenters. The summed E-state index contributed by atoms with van der Waals surface area (Å²) in [7, 11) is 0. The second kappa shape index (κ2) is 13.5. The van der Waals surface area contributed by atoms with Gasteiger partial charge in [-0.2, -0.15) is 0 Å². The summed E-state index contributed by atoms with van der Waals surface area (Å²) < 4.78 is 3.13. The smallest absolute Gasteiger partial charge is 0.250 e. The Hall–Kier alpha value is -2.15. The highest BCUT2D eigenvalue weighted by molar-refractivity contribution is 9.11. The van der Waals surface area contributed by atoms with Crippen LogP contribution in [0.3, 0.4) is 0 Å². The molecular formula is C27H39BrN4O. The Morgan fingerprint density at radius 1 is 1.21 bits per heavy atom. The SMILES string of the molecule is C=C/C=C\C(=C/C)C(C)N1CCN(CC)CC1.CCn1cc(C(N)=O)c2c1=CC=C(Br)CC=2. The number of likely N-dealkylation sites (N-methyl/N-ethyl adjacent to an activating group) is 1. The average Bonchev–Trinajstić information content (AvgIpc) is 3.09. The molecule has 1 fully saturated rings. The first-order chi connectivity index (χ1) is 15.9. The summed E-state index contributed by atoms with van der Waals surface area (Å²) in [6.45, 7) is 19.2. The van der Waals surface area contributed by atoms with Crippen molar-refractivity contribution in [2.24, 2.45) is 5.73 Å². The predicted molar refractivity (Wildman–Crippen MR) is 145 cm³/mol. The minimum atomic E-state index is -0.369. The standard InChI is InChI=1S/C15H26N2.C12H13BrN2O/c1-5-8-9-15(6-2)14(4)17-12-10-16(7-3)11-13-17;1-2-15-7-10(12(14)16)9-5-3-8(13)4-6-11(9)15/h5-6,8-9,14H,1,7,10-13H2,2-4H3;4-7H,2-3H2,1H3,(H2,14,16)/b9-8-,15-6+;. The van der Waals surface area contributed by atoms with Gasteiger partial charge >= 0.3 is 0 Å². The predicted octanol–water partition coefficient (Wildman–Crippen LogP) is 3.55. The number of fused-ring (bicyclic) bond motifs is 1. The third kappa shape index (κ3) is 7.42. The molecule has 5 nitrogen and oxygen atoms in total. The molecule has 1 aromatic heterocycles. The van der Waals surface area contributed by atoms with Crippen LogP contribution in [0.15, 0.2) is 53.2 Å². The molecule has 1 aromatic rings. The topological polar surface area (TPSA) is 54.5 Å². The highest BCUT2D eigenvalue weighted by atomic mass is 79.9. The van der Waals surface area contributed by atoms with Gasteiger partial charge in [-0.15, -0.1) is 0 Å². The zero-order valence-corrected chi connectivity index (χ0v) is 22.1. The van der Waals surface area contributed by atoms with E-state index in [-0.39, 0.29) is 5.91 Å². The van der Waals surface area contributed by atoms with E-state index < -0.39 is 0 Å². The number of allylic oxidation sites excluding steroid dienone is 5. The molecule has 0 aromatic carbocycles. The molecule has 2 aliphatic rings. The normalized spacial score (nSPS) is 18.2. The Balaban J connectivity index is 0.000000234. The Bertz CT molecular complexity index is 1020. The van der Waals surface area contributed by atoms with Crippen LogP contribution in [0.5, 0.6) is 0 Å². The third-order valence-electron chi connectivity index (χ3n) is 6.33. The number of halogens is 1. The molecule has 0 bridgehead atoms. The lowest BCUT2D eigenvalue weighted by atomic mass is 10.1. The number of rotatable bonds is 7. The van der Waals surface area contributed by atoms with Crippen LogP contribution < -0.4 is 16.3 Å². The molecule has 1 saturated heterocycles. The molecule has 1 aliphatic heterocycles. The van der Waals surface area contributed by atoms with Crippen molar-refractivity contribution < 1.29 is 4.79 Å². The molecule has 2 heterocycles. The minimum Gasteiger partial charge on any atom is -0.366 e. The molecule has 180 valence electrons. The average molecular weight is 516 g/mol. The molecule has 0 spiro atoms. The van der Waals surface area contributed by atoms with E-state index in [2.05, 4.69) is 65.2 Å². The highest BCUT2D eigenvalue weighted by Gasteiger charge is 2.21. The number of nitrogens with two attached hydrogens (primary N) is 1. The van der Waals surface area contributed by atoms with Crippen molar-refractivity contribution in [2.75, 3.05) is 32.7 Å². The van der Waals surface area contributed by atoms with E-state index in [0.717, 1.165) is 28.0 Å². The van der Waals surface area contributed by atoms with Crippen LogP contribution >= 0.6 is 15.9 Å². The fraction of sp³-hybridized carbons (Fsp3) is 0.444. The third-order valence-corrected chi connectivity index (χ3v) is 6.92. The van der Waals surface area contributed by atoms with Gasteiger partial charge in [-0.1, -0.05) is 59.8 Å². The number of aromatic nitrogens is 1. The van der Waals surface area contributed by atoms with Crippen LogP contribution in [0, 0.1) is 0 Å². The summed E-state index contributed by atoms with van der Waals surface area (Å²) in [6.07, 6.45) is 16.9. The van der Waals surface area contributed by atoms with Crippen molar-refractivity contribution in [1.82, 2.24) is 14.4 Å². The first kappa shape index (κ1) is 27.1. The lowest BCUT2D eigenvalue weighted by Gasteiger charge is -2.38. The minimum absolute atomic E-state index is 0.369. The van der Waals surface area contributed by atoms with Crippen molar-refractivity contribution in [1.29, 1.82) is 0 Å². The van der Waals surface area contributed by atoms with Crippen molar-refractivity contribution in [3.8, 4) is 0 Å². The maximum Gasteiger partial charge on any atom is 0.250 e. The first-order valence-electron chi connectivity index (χ1n) is 11.8. The summed E-state index contributed by atoms with van der Waals surface area (Å²) in [5.41, 5.74) is 7.36. The second-order valence-corrected chi connectivity index (χ2v) is 9.23. The van der Waals surface area contributed by atoms with E-state index in [0.29, 0.717) is 11.6 Å². The summed E-state index contributed by atoms with van der Waals surface area (Å²) >= 11 is 3.46. The van der Waals surface area contributed by atoms with E-state index in [1.165, 1.54) is 38.3 Å². The number of nitrogens with zero attached hydrogens (tertiary/aromatic N) is 3. The molecule has 2 N–H and O–H groups in total. The molecule has 0 saturated carbocycles. The summed E-state index contributed by atoms with van der Waals surface area (Å²) in [4.78, 5) is 16.4. The van der Waals surface area contributed by atoms with E-state index in [9.17, 15) is 4.79 Å². The van der Waals surface area contributed by atoms with Crippen LogP contribution in [0.1, 0.15) is 44.5 Å². The van der Waals surface area contributed by atoms with Gasteiger partial charge in [0.15, 0.2) is 0 Å². The maximum absolute atomic E-state index is 11.3. The largest absolute Gasteiger partial charge is 0.366 e. The number of aryl methyl sites for hydroxylation is 1. The number of carbonyl (C=O) groups excluding carboxylic acids is 1. The number of hydrogen-bond acceptors (Lipinski definition) is 3. The number of hydrogen-bond donors (Lipinski definition) is 1. The molecule has 3 rings (SSSR count). The molecule has 33 heavy (non-hydrogen) atoms. The Kier molecular flexibility index (Phi) is 11.1. The Morgan fingerprint density at radius 3 is 2.45 bits per heavy atom. The van der Waals surface area contributed by atoms with Crippen LogP contribution in [0.25, 0.3) is 12.2 Å². The van der Waals surface area contributed by atoms with Crippen molar-refractivity contribution in [3.05, 3.63) is 69.3 Å². The fourth-order valence-corrected chi connectivity index (χ4v) is 4.51. The zero-order valence-electron chi connectivity index (χ0n) is 20.6. The van der Waals surface area contributed by atoms with E-state index in [1.807, 2.05) is 48.1 Å². The molecule has 1 aliphatic carbocycles. The van der Waals surface area contributed by atoms with E-state index in [4.69, 9.17) is 5.73 Å². The molecule has 1 amide bonds. The monoisotopic (exact) mass is 514 g/mol. The van der Waals surface area contributed by atoms with E-state index in [1.54, 1.807) is 0 Å². The van der Waals surface area contributed by atoms with Crippen LogP contribution in [0.4, 0.5) is 0 Å². The summed E-state index contributed by atoms with van der Waals surface area (Å²) in [5, 5.41) is 1.99. The van der Waals surface area contributed by atoms with Crippen LogP contribution in [-0.2, 0) is 6.54 Å².